The number of benzene rings is 1. The van der Waals surface area contributed by atoms with Crippen molar-refractivity contribution in [1.82, 2.24) is 9.78 Å². The molecule has 0 amide bonds. The molecule has 0 N–H and O–H groups in total. The monoisotopic (exact) mass is 319 g/mol. The second-order valence-electron chi connectivity index (χ2n) is 4.23. The molecule has 0 unspecified atom stereocenters. The number of nitro groups is 1. The van der Waals surface area contributed by atoms with Crippen LogP contribution >= 0.6 is 11.6 Å². The quantitative estimate of drug-likeness (QED) is 0.489. The fourth-order valence-corrected chi connectivity index (χ4v) is 2.17. The lowest BCUT2D eigenvalue weighted by atomic mass is 10.2. The molecule has 0 spiro atoms. The Balaban J connectivity index is 2.65. The van der Waals surface area contributed by atoms with E-state index in [4.69, 9.17) is 11.6 Å². The van der Waals surface area contributed by atoms with E-state index in [0.29, 0.717) is 18.6 Å². The number of nitrogens with zero attached hydrogens (tertiary/aromatic N) is 3. The first-order valence-corrected chi connectivity index (χ1v) is 6.31. The molecular formula is C12H9ClF3N3O2. The van der Waals surface area contributed by atoms with Crippen molar-refractivity contribution in [1.29, 1.82) is 0 Å². The Labute approximate surface area is 122 Å². The maximum atomic E-state index is 13.2. The van der Waals surface area contributed by atoms with Crippen molar-refractivity contribution in [3.63, 3.8) is 0 Å². The molecule has 0 saturated heterocycles. The third-order valence-corrected chi connectivity index (χ3v) is 3.10. The van der Waals surface area contributed by atoms with Crippen LogP contribution in [0.3, 0.4) is 0 Å². The van der Waals surface area contributed by atoms with Gasteiger partial charge in [0, 0.05) is 12.1 Å². The highest BCUT2D eigenvalue weighted by Crippen LogP contribution is 2.32. The minimum Gasteiger partial charge on any atom is -0.258 e. The summed E-state index contributed by atoms with van der Waals surface area (Å²) in [5.41, 5.74) is -0.567. The summed E-state index contributed by atoms with van der Waals surface area (Å²) in [7, 11) is 0. The number of rotatable bonds is 4. The number of aryl methyl sites for hydroxylation is 1. The Bertz CT molecular complexity index is 695. The van der Waals surface area contributed by atoms with Crippen LogP contribution in [-0.2, 0) is 6.42 Å². The summed E-state index contributed by atoms with van der Waals surface area (Å²) in [6, 6.07) is 1.33. The number of hydrogen-bond acceptors (Lipinski definition) is 3. The minimum atomic E-state index is -1.63. The van der Waals surface area contributed by atoms with Crippen molar-refractivity contribution >= 4 is 17.3 Å². The fourth-order valence-electron chi connectivity index (χ4n) is 1.85. The SMILES string of the molecule is CCCc1nn(-c2cc(F)c(F)c(F)c2)c(Cl)c1[N+](=O)[O-]. The molecule has 2 aromatic rings. The van der Waals surface area contributed by atoms with Crippen molar-refractivity contribution in [2.75, 3.05) is 0 Å². The van der Waals surface area contributed by atoms with Gasteiger partial charge in [0.2, 0.25) is 5.15 Å². The largest absolute Gasteiger partial charge is 0.329 e. The molecule has 0 aliphatic heterocycles. The number of halogens is 4. The molecule has 1 aromatic heterocycles. The maximum Gasteiger partial charge on any atom is 0.329 e. The van der Waals surface area contributed by atoms with Gasteiger partial charge in [-0.05, 0) is 6.42 Å². The average Bonchev–Trinajstić information content (AvgIpc) is 2.73. The molecule has 2 rings (SSSR count). The molecule has 112 valence electrons. The lowest BCUT2D eigenvalue weighted by Gasteiger charge is -2.04. The van der Waals surface area contributed by atoms with E-state index in [1.165, 1.54) is 0 Å². The van der Waals surface area contributed by atoms with E-state index >= 15 is 0 Å². The lowest BCUT2D eigenvalue weighted by molar-refractivity contribution is -0.385. The predicted molar refractivity (Wildman–Crippen MR) is 69.1 cm³/mol. The van der Waals surface area contributed by atoms with Crippen LogP contribution in [-0.4, -0.2) is 14.7 Å². The van der Waals surface area contributed by atoms with Crippen LogP contribution < -0.4 is 0 Å². The van der Waals surface area contributed by atoms with Crippen molar-refractivity contribution in [3.05, 3.63) is 50.5 Å². The summed E-state index contributed by atoms with van der Waals surface area (Å²) >= 11 is 5.86. The van der Waals surface area contributed by atoms with E-state index in [-0.39, 0.29) is 17.8 Å². The van der Waals surface area contributed by atoms with Gasteiger partial charge in [0.05, 0.1) is 10.6 Å². The molecule has 0 fully saturated rings. The number of hydrogen-bond donors (Lipinski definition) is 0. The molecule has 1 heterocycles. The first-order valence-electron chi connectivity index (χ1n) is 5.93. The molecule has 9 heteroatoms. The Morgan fingerprint density at radius 3 is 2.38 bits per heavy atom. The summed E-state index contributed by atoms with van der Waals surface area (Å²) in [5.74, 6) is -4.50. The van der Waals surface area contributed by atoms with Crippen LogP contribution in [0.4, 0.5) is 18.9 Å². The molecule has 21 heavy (non-hydrogen) atoms. The van der Waals surface area contributed by atoms with Crippen LogP contribution in [0.2, 0.25) is 5.15 Å². The third kappa shape index (κ3) is 2.71. The molecule has 0 atom stereocenters. The van der Waals surface area contributed by atoms with Crippen LogP contribution in [0.15, 0.2) is 12.1 Å². The number of aromatic nitrogens is 2. The minimum absolute atomic E-state index is 0.0950. The van der Waals surface area contributed by atoms with Crippen LogP contribution in [0, 0.1) is 27.6 Å². The zero-order valence-electron chi connectivity index (χ0n) is 10.7. The van der Waals surface area contributed by atoms with Gasteiger partial charge in [0.25, 0.3) is 0 Å². The van der Waals surface area contributed by atoms with Gasteiger partial charge in [-0.15, -0.1) is 0 Å². The molecule has 5 nitrogen and oxygen atoms in total. The standard InChI is InChI=1S/C12H9ClF3N3O2/c1-2-3-9-11(19(20)21)12(13)18(17-9)6-4-7(14)10(16)8(15)5-6/h4-5H,2-3H2,1H3. The Hall–Kier alpha value is -2.09. The van der Waals surface area contributed by atoms with Crippen molar-refractivity contribution in [3.8, 4) is 5.69 Å². The van der Waals surface area contributed by atoms with Gasteiger partial charge in [-0.3, -0.25) is 10.1 Å². The van der Waals surface area contributed by atoms with E-state index in [2.05, 4.69) is 5.10 Å². The van der Waals surface area contributed by atoms with E-state index in [0.717, 1.165) is 4.68 Å². The topological polar surface area (TPSA) is 61.0 Å². The normalized spacial score (nSPS) is 10.9. The highest BCUT2D eigenvalue weighted by atomic mass is 35.5. The Kier molecular flexibility index (Phi) is 4.17. The third-order valence-electron chi connectivity index (χ3n) is 2.76. The fraction of sp³-hybridized carbons (Fsp3) is 0.250. The highest BCUT2D eigenvalue weighted by Gasteiger charge is 2.27. The molecule has 0 bridgehead atoms. The molecule has 0 radical (unpaired) electrons. The van der Waals surface area contributed by atoms with Crippen LogP contribution in [0.1, 0.15) is 19.0 Å². The molecule has 1 aromatic carbocycles. The Morgan fingerprint density at radius 2 is 1.90 bits per heavy atom. The first kappa shape index (κ1) is 15.3. The van der Waals surface area contributed by atoms with Gasteiger partial charge in [0.15, 0.2) is 17.5 Å². The molecule has 0 aliphatic rings. The van der Waals surface area contributed by atoms with Crippen LogP contribution in [0.25, 0.3) is 5.69 Å². The molecule has 0 saturated carbocycles. The van der Waals surface area contributed by atoms with E-state index in [1.54, 1.807) is 6.92 Å². The van der Waals surface area contributed by atoms with Gasteiger partial charge < -0.3 is 0 Å². The first-order chi connectivity index (χ1) is 9.86. The van der Waals surface area contributed by atoms with Crippen LogP contribution in [0.5, 0.6) is 0 Å². The van der Waals surface area contributed by atoms with Gasteiger partial charge in [-0.2, -0.15) is 5.10 Å². The van der Waals surface area contributed by atoms with E-state index < -0.39 is 33.2 Å². The zero-order chi connectivity index (χ0) is 15.7. The van der Waals surface area contributed by atoms with Gasteiger partial charge in [-0.25, -0.2) is 17.9 Å². The second-order valence-corrected chi connectivity index (χ2v) is 4.59. The second kappa shape index (κ2) is 5.72. The summed E-state index contributed by atoms with van der Waals surface area (Å²) < 4.78 is 40.2. The maximum absolute atomic E-state index is 13.2. The summed E-state index contributed by atoms with van der Waals surface area (Å²) in [4.78, 5) is 10.3. The average molecular weight is 320 g/mol. The zero-order valence-corrected chi connectivity index (χ0v) is 11.5. The van der Waals surface area contributed by atoms with E-state index in [9.17, 15) is 23.3 Å². The molecular weight excluding hydrogens is 311 g/mol. The van der Waals surface area contributed by atoms with Gasteiger partial charge >= 0.3 is 5.69 Å². The highest BCUT2D eigenvalue weighted by molar-refractivity contribution is 6.32. The summed E-state index contributed by atoms with van der Waals surface area (Å²) in [5, 5.41) is 14.5. The van der Waals surface area contributed by atoms with Gasteiger partial charge in [-0.1, -0.05) is 24.9 Å². The van der Waals surface area contributed by atoms with Crippen molar-refractivity contribution in [2.45, 2.75) is 19.8 Å². The van der Waals surface area contributed by atoms with Crippen molar-refractivity contribution in [2.24, 2.45) is 0 Å². The smallest absolute Gasteiger partial charge is 0.258 e. The predicted octanol–water partition coefficient (Wildman–Crippen LogP) is 3.80. The van der Waals surface area contributed by atoms with Crippen molar-refractivity contribution < 1.29 is 18.1 Å². The molecule has 0 aliphatic carbocycles. The Morgan fingerprint density at radius 1 is 1.33 bits per heavy atom. The summed E-state index contributed by atoms with van der Waals surface area (Å²) in [6.45, 7) is 1.79. The summed E-state index contributed by atoms with van der Waals surface area (Å²) in [6.07, 6.45) is 0.843. The van der Waals surface area contributed by atoms with E-state index in [1.807, 2.05) is 0 Å². The van der Waals surface area contributed by atoms with Gasteiger partial charge in [0.1, 0.15) is 5.69 Å². The lowest BCUT2D eigenvalue weighted by Crippen LogP contribution is -2.01.